The molecule has 7 heteroatoms. The smallest absolute Gasteiger partial charge is 0.423 e. The molecule has 0 radical (unpaired) electrons. The fourth-order valence-corrected chi connectivity index (χ4v) is 1.38. The number of nitrogens with one attached hydrogen (secondary N) is 1. The van der Waals surface area contributed by atoms with Crippen LogP contribution in [0.3, 0.4) is 0 Å². The van der Waals surface area contributed by atoms with E-state index in [0.717, 1.165) is 6.54 Å². The van der Waals surface area contributed by atoms with Gasteiger partial charge in [-0.3, -0.25) is 0 Å². The van der Waals surface area contributed by atoms with Gasteiger partial charge >= 0.3 is 7.12 Å². The number of aromatic nitrogens is 2. The predicted molar refractivity (Wildman–Crippen MR) is 53.4 cm³/mol. The number of nitrogens with zero attached hydrogens (tertiary/aromatic N) is 2. The molecule has 0 amide bonds. The van der Waals surface area contributed by atoms with E-state index in [2.05, 4.69) is 15.3 Å². The number of hydrogen-bond donors (Lipinski definition) is 3. The Kier molecular flexibility index (Phi) is 3.27. The van der Waals surface area contributed by atoms with Crippen LogP contribution in [0.15, 0.2) is 12.4 Å². The third-order valence-electron chi connectivity index (χ3n) is 2.21. The van der Waals surface area contributed by atoms with Crippen LogP contribution in [0, 0.1) is 0 Å². The minimum atomic E-state index is -1.52. The lowest BCUT2D eigenvalue weighted by Gasteiger charge is -2.22. The Morgan fingerprint density at radius 3 is 2.67 bits per heavy atom. The van der Waals surface area contributed by atoms with Crippen LogP contribution < -0.4 is 10.8 Å². The molecule has 0 spiro atoms. The van der Waals surface area contributed by atoms with Gasteiger partial charge in [0.25, 0.3) is 0 Å². The highest BCUT2D eigenvalue weighted by Gasteiger charge is 2.19. The lowest BCUT2D eigenvalue weighted by Crippen LogP contribution is -2.35. The second-order valence-corrected chi connectivity index (χ2v) is 3.31. The molecule has 1 aliphatic heterocycles. The zero-order valence-electron chi connectivity index (χ0n) is 8.13. The van der Waals surface area contributed by atoms with Crippen LogP contribution in [0.1, 0.15) is 11.9 Å². The molecule has 3 N–H and O–H groups in total. The molecule has 0 bridgehead atoms. The Labute approximate surface area is 87.5 Å². The average Bonchev–Trinajstić information content (AvgIpc) is 2.30. The maximum atomic E-state index is 8.86. The Hall–Kier alpha value is -1.02. The molecule has 1 unspecified atom stereocenters. The number of ether oxygens (including phenoxy) is 1. The van der Waals surface area contributed by atoms with Gasteiger partial charge in [-0.1, -0.05) is 0 Å². The molecule has 15 heavy (non-hydrogen) atoms. The van der Waals surface area contributed by atoms with Gasteiger partial charge in [0.05, 0.1) is 6.61 Å². The van der Waals surface area contributed by atoms with Gasteiger partial charge < -0.3 is 20.1 Å². The molecule has 1 fully saturated rings. The molecule has 1 aromatic heterocycles. The van der Waals surface area contributed by atoms with Crippen LogP contribution in [0.4, 0.5) is 0 Å². The topological polar surface area (TPSA) is 87.5 Å². The largest absolute Gasteiger partial charge is 0.491 e. The summed E-state index contributed by atoms with van der Waals surface area (Å²) in [4.78, 5) is 8.06. The van der Waals surface area contributed by atoms with Crippen LogP contribution in [-0.4, -0.2) is 46.8 Å². The molecule has 1 atom stereocenters. The SMILES string of the molecule is OB(O)c1cnc(C2CNCCO2)nc1. The molecule has 1 aromatic rings. The molecular weight excluding hydrogens is 197 g/mol. The van der Waals surface area contributed by atoms with E-state index in [0.29, 0.717) is 19.0 Å². The molecule has 1 aliphatic rings. The molecule has 6 nitrogen and oxygen atoms in total. The van der Waals surface area contributed by atoms with Crippen LogP contribution in [0.25, 0.3) is 0 Å². The zero-order chi connectivity index (χ0) is 10.7. The maximum Gasteiger partial charge on any atom is 0.491 e. The Bertz CT molecular complexity index is 313. The highest BCUT2D eigenvalue weighted by atomic mass is 16.5. The van der Waals surface area contributed by atoms with Crippen molar-refractivity contribution in [3.63, 3.8) is 0 Å². The van der Waals surface area contributed by atoms with Gasteiger partial charge in [0.2, 0.25) is 0 Å². The van der Waals surface area contributed by atoms with Crippen LogP contribution in [-0.2, 0) is 4.74 Å². The molecule has 0 saturated carbocycles. The quantitative estimate of drug-likeness (QED) is 0.480. The second kappa shape index (κ2) is 4.67. The monoisotopic (exact) mass is 209 g/mol. The first-order valence-corrected chi connectivity index (χ1v) is 4.77. The minimum absolute atomic E-state index is 0.149. The van der Waals surface area contributed by atoms with Crippen molar-refractivity contribution in [2.75, 3.05) is 19.7 Å². The molecule has 2 rings (SSSR count). The first-order valence-electron chi connectivity index (χ1n) is 4.77. The van der Waals surface area contributed by atoms with Gasteiger partial charge in [-0.2, -0.15) is 0 Å². The zero-order valence-corrected chi connectivity index (χ0v) is 8.13. The third kappa shape index (κ3) is 2.51. The van der Waals surface area contributed by atoms with E-state index in [1.165, 1.54) is 12.4 Å². The third-order valence-corrected chi connectivity index (χ3v) is 2.21. The van der Waals surface area contributed by atoms with Crippen LogP contribution in [0.2, 0.25) is 0 Å². The lowest BCUT2D eigenvalue weighted by atomic mass is 9.83. The summed E-state index contributed by atoms with van der Waals surface area (Å²) in [6, 6.07) is 0. The van der Waals surface area contributed by atoms with Gasteiger partial charge in [0, 0.05) is 30.9 Å². The lowest BCUT2D eigenvalue weighted by molar-refractivity contribution is 0.0221. The van der Waals surface area contributed by atoms with Crippen molar-refractivity contribution < 1.29 is 14.8 Å². The molecule has 1 saturated heterocycles. The molecule has 80 valence electrons. The van der Waals surface area contributed by atoms with E-state index in [9.17, 15) is 0 Å². The fraction of sp³-hybridized carbons (Fsp3) is 0.500. The van der Waals surface area contributed by atoms with Crippen molar-refractivity contribution in [1.29, 1.82) is 0 Å². The number of hydrogen-bond acceptors (Lipinski definition) is 6. The minimum Gasteiger partial charge on any atom is -0.423 e. The first-order chi connectivity index (χ1) is 7.27. The standard InChI is InChI=1S/C8H12BN3O3/c13-9(14)6-3-11-8(12-4-6)7-5-10-1-2-15-7/h3-4,7,10,13-14H,1-2,5H2. The van der Waals surface area contributed by atoms with Crippen molar-refractivity contribution in [2.24, 2.45) is 0 Å². The summed E-state index contributed by atoms with van der Waals surface area (Å²) in [5.74, 6) is 0.562. The van der Waals surface area contributed by atoms with Crippen molar-refractivity contribution in [2.45, 2.75) is 6.10 Å². The van der Waals surface area contributed by atoms with Crippen LogP contribution in [0.5, 0.6) is 0 Å². The van der Waals surface area contributed by atoms with Gasteiger partial charge in [-0.25, -0.2) is 9.97 Å². The van der Waals surface area contributed by atoms with Crippen molar-refractivity contribution in [3.8, 4) is 0 Å². The van der Waals surface area contributed by atoms with Gasteiger partial charge in [-0.15, -0.1) is 0 Å². The normalized spacial score (nSPS) is 21.3. The van der Waals surface area contributed by atoms with Crippen molar-refractivity contribution >= 4 is 12.6 Å². The van der Waals surface area contributed by atoms with Crippen molar-refractivity contribution in [1.82, 2.24) is 15.3 Å². The first kappa shape index (κ1) is 10.5. The molecule has 2 heterocycles. The summed E-state index contributed by atoms with van der Waals surface area (Å²) in [5.41, 5.74) is 0.280. The van der Waals surface area contributed by atoms with E-state index < -0.39 is 7.12 Å². The Morgan fingerprint density at radius 2 is 2.13 bits per heavy atom. The van der Waals surface area contributed by atoms with E-state index >= 15 is 0 Å². The summed E-state index contributed by atoms with van der Waals surface area (Å²) in [6.45, 7) is 2.16. The van der Waals surface area contributed by atoms with Crippen LogP contribution >= 0.6 is 0 Å². The highest BCUT2D eigenvalue weighted by molar-refractivity contribution is 6.58. The summed E-state index contributed by atoms with van der Waals surface area (Å²) in [7, 11) is -1.52. The summed E-state index contributed by atoms with van der Waals surface area (Å²) >= 11 is 0. The Morgan fingerprint density at radius 1 is 1.40 bits per heavy atom. The second-order valence-electron chi connectivity index (χ2n) is 3.31. The van der Waals surface area contributed by atoms with Gasteiger partial charge in [0.1, 0.15) is 6.10 Å². The van der Waals surface area contributed by atoms with E-state index in [4.69, 9.17) is 14.8 Å². The highest BCUT2D eigenvalue weighted by Crippen LogP contribution is 2.12. The molecule has 0 aromatic carbocycles. The molecular formula is C8H12BN3O3. The molecule has 0 aliphatic carbocycles. The van der Waals surface area contributed by atoms with Gasteiger partial charge in [-0.05, 0) is 0 Å². The van der Waals surface area contributed by atoms with Crippen molar-refractivity contribution in [3.05, 3.63) is 18.2 Å². The Balaban J connectivity index is 2.08. The fourth-order valence-electron chi connectivity index (χ4n) is 1.38. The number of rotatable bonds is 2. The summed E-state index contributed by atoms with van der Waals surface area (Å²) in [5, 5.41) is 20.9. The maximum absolute atomic E-state index is 8.86. The average molecular weight is 209 g/mol. The summed E-state index contributed by atoms with van der Waals surface area (Å²) in [6.07, 6.45) is 2.64. The van der Waals surface area contributed by atoms with E-state index in [-0.39, 0.29) is 11.6 Å². The van der Waals surface area contributed by atoms with E-state index in [1.54, 1.807) is 0 Å². The van der Waals surface area contributed by atoms with Gasteiger partial charge in [0.15, 0.2) is 5.82 Å². The summed E-state index contributed by atoms with van der Waals surface area (Å²) < 4.78 is 5.45. The van der Waals surface area contributed by atoms with E-state index in [1.807, 2.05) is 0 Å². The predicted octanol–water partition coefficient (Wildman–Crippen LogP) is -2.18. The number of morpholine rings is 1.